The third-order valence-electron chi connectivity index (χ3n) is 2.42. The quantitative estimate of drug-likeness (QED) is 0.553. The van der Waals surface area contributed by atoms with Gasteiger partial charge in [-0.1, -0.05) is 18.2 Å². The van der Waals surface area contributed by atoms with Gasteiger partial charge in [0.05, 0.1) is 5.69 Å². The molecule has 0 amide bonds. The van der Waals surface area contributed by atoms with Gasteiger partial charge in [-0.15, -0.1) is 0 Å². The second kappa shape index (κ2) is 4.40. The molecule has 0 heterocycles. The van der Waals surface area contributed by atoms with Crippen LogP contribution in [0, 0.1) is 0 Å². The topological polar surface area (TPSA) is 86.6 Å². The van der Waals surface area contributed by atoms with Gasteiger partial charge in [-0.25, -0.2) is 0 Å². The predicted octanol–water partition coefficient (Wildman–Crippen LogP) is 1.68. The van der Waals surface area contributed by atoms with E-state index in [1.54, 1.807) is 12.1 Å². The summed E-state index contributed by atoms with van der Waals surface area (Å²) in [4.78, 5) is 24.4. The first-order chi connectivity index (χ1) is 7.44. The molecule has 0 aliphatic heterocycles. The zero-order valence-electron chi connectivity index (χ0n) is 8.40. The second-order valence-corrected chi connectivity index (χ2v) is 3.56. The molecule has 0 atom stereocenters. The fourth-order valence-corrected chi connectivity index (χ4v) is 1.49. The lowest BCUT2D eigenvalue weighted by molar-refractivity contribution is -0.156. The molecule has 5 nitrogen and oxygen atoms in total. The van der Waals surface area contributed by atoms with Gasteiger partial charge in [0.25, 0.3) is 0 Å². The third kappa shape index (κ3) is 1.81. The molecule has 6 heteroatoms. The number of nitrogens with one attached hydrogen (secondary N) is 1. The zero-order valence-corrected chi connectivity index (χ0v) is 9.15. The lowest BCUT2D eigenvalue weighted by atomic mass is 9.81. The molecule has 0 aliphatic carbocycles. The third-order valence-corrected chi connectivity index (χ3v) is 2.63. The Balaban J connectivity index is 3.43. The summed E-state index contributed by atoms with van der Waals surface area (Å²) in [5.41, 5.74) is -1.67. The van der Waals surface area contributed by atoms with Gasteiger partial charge in [-0.3, -0.25) is 14.4 Å². The molecule has 1 rings (SSSR count). The zero-order chi connectivity index (χ0) is 12.3. The van der Waals surface area contributed by atoms with Crippen LogP contribution in [0.4, 0.5) is 5.69 Å². The number of anilines is 1. The molecule has 0 spiro atoms. The van der Waals surface area contributed by atoms with Crippen molar-refractivity contribution in [2.24, 2.45) is 0 Å². The van der Waals surface area contributed by atoms with Crippen molar-refractivity contribution in [1.82, 2.24) is 0 Å². The highest BCUT2D eigenvalue weighted by Crippen LogP contribution is 2.31. The number of hydrogen-bond acceptors (Lipinski definition) is 3. The molecule has 0 aromatic heterocycles. The van der Waals surface area contributed by atoms with E-state index in [9.17, 15) is 9.59 Å². The molecule has 0 bridgehead atoms. The summed E-state index contributed by atoms with van der Waals surface area (Å²) < 4.78 is 0. The minimum atomic E-state index is -2.03. The van der Waals surface area contributed by atoms with E-state index in [1.165, 1.54) is 12.1 Å². The van der Waals surface area contributed by atoms with Crippen molar-refractivity contribution >= 4 is 29.4 Å². The first-order valence-corrected chi connectivity index (χ1v) is 4.75. The van der Waals surface area contributed by atoms with Gasteiger partial charge in [-0.2, -0.15) is 0 Å². The minimum absolute atomic E-state index is 0.102. The number of carbonyl (C=O) groups is 2. The van der Waals surface area contributed by atoms with Crippen LogP contribution in [0.2, 0.25) is 0 Å². The van der Waals surface area contributed by atoms with Crippen LogP contribution in [-0.4, -0.2) is 22.2 Å². The van der Waals surface area contributed by atoms with Gasteiger partial charge < -0.3 is 10.2 Å². The summed E-state index contributed by atoms with van der Waals surface area (Å²) in [5.74, 6) is -2.89. The maximum Gasteiger partial charge on any atom is 0.325 e. The number of carboxylic acid groups (broad SMARTS) is 2. The molecular weight excluding hydrogens is 234 g/mol. The average Bonchev–Trinajstić information content (AvgIpc) is 2.27. The molecule has 16 heavy (non-hydrogen) atoms. The van der Waals surface area contributed by atoms with Crippen molar-refractivity contribution in [3.63, 3.8) is 0 Å². The Kier molecular flexibility index (Phi) is 3.39. The van der Waals surface area contributed by atoms with E-state index < -0.39 is 17.4 Å². The number of benzene rings is 1. The first kappa shape index (κ1) is 12.3. The van der Waals surface area contributed by atoms with Crippen LogP contribution in [0.1, 0.15) is 12.5 Å². The summed E-state index contributed by atoms with van der Waals surface area (Å²) in [6.45, 7) is 1.12. The molecular formula is C10H10ClNO4. The van der Waals surface area contributed by atoms with Crippen molar-refractivity contribution in [3.05, 3.63) is 29.8 Å². The molecule has 3 N–H and O–H groups in total. The van der Waals surface area contributed by atoms with Gasteiger partial charge in [0.1, 0.15) is 0 Å². The van der Waals surface area contributed by atoms with Crippen LogP contribution in [0.25, 0.3) is 0 Å². The molecule has 0 radical (unpaired) electrons. The standard InChI is InChI=1S/C10H10ClNO4/c1-10(8(13)14,9(15)16)6-4-2-3-5-7(6)12-11/h2-5,12H,1H3,(H,13,14)(H,15,16). The van der Waals surface area contributed by atoms with E-state index in [0.717, 1.165) is 6.92 Å². The Morgan fingerprint density at radius 2 is 1.75 bits per heavy atom. The van der Waals surface area contributed by atoms with Crippen LogP contribution < -0.4 is 4.84 Å². The highest BCUT2D eigenvalue weighted by molar-refractivity contribution is 6.24. The summed E-state index contributed by atoms with van der Waals surface area (Å²) in [6, 6.07) is 6.09. The van der Waals surface area contributed by atoms with Crippen LogP contribution in [-0.2, 0) is 15.0 Å². The summed E-state index contributed by atoms with van der Waals surface area (Å²) in [7, 11) is 0. The summed E-state index contributed by atoms with van der Waals surface area (Å²) in [6.07, 6.45) is 0. The fourth-order valence-electron chi connectivity index (χ4n) is 1.32. The smallest absolute Gasteiger partial charge is 0.325 e. The van der Waals surface area contributed by atoms with Crippen LogP contribution >= 0.6 is 11.8 Å². The van der Waals surface area contributed by atoms with Crippen LogP contribution in [0.15, 0.2) is 24.3 Å². The molecule has 1 aromatic rings. The molecule has 0 fully saturated rings. The van der Waals surface area contributed by atoms with Gasteiger partial charge in [0.15, 0.2) is 5.41 Å². The molecule has 0 saturated carbocycles. The Morgan fingerprint density at radius 1 is 1.25 bits per heavy atom. The number of aliphatic carboxylic acids is 2. The predicted molar refractivity (Wildman–Crippen MR) is 58.5 cm³/mol. The van der Waals surface area contributed by atoms with Crippen molar-refractivity contribution < 1.29 is 19.8 Å². The van der Waals surface area contributed by atoms with E-state index >= 15 is 0 Å². The van der Waals surface area contributed by atoms with E-state index in [0.29, 0.717) is 0 Å². The number of hydrogen-bond donors (Lipinski definition) is 3. The second-order valence-electron chi connectivity index (χ2n) is 3.38. The number of rotatable bonds is 4. The minimum Gasteiger partial charge on any atom is -0.480 e. The van der Waals surface area contributed by atoms with Crippen molar-refractivity contribution in [3.8, 4) is 0 Å². The van der Waals surface area contributed by atoms with E-state index in [1.807, 2.05) is 0 Å². The SMILES string of the molecule is CC(C(=O)O)(C(=O)O)c1ccccc1NCl. The van der Waals surface area contributed by atoms with Crippen LogP contribution in [0.5, 0.6) is 0 Å². The van der Waals surface area contributed by atoms with Gasteiger partial charge in [0, 0.05) is 17.3 Å². The monoisotopic (exact) mass is 243 g/mol. The van der Waals surface area contributed by atoms with E-state index in [-0.39, 0.29) is 11.3 Å². The maximum atomic E-state index is 11.1. The Morgan fingerprint density at radius 3 is 2.19 bits per heavy atom. The van der Waals surface area contributed by atoms with Crippen molar-refractivity contribution in [2.45, 2.75) is 12.3 Å². The molecule has 0 unspecified atom stereocenters. The van der Waals surface area contributed by atoms with Crippen LogP contribution in [0.3, 0.4) is 0 Å². The number of carboxylic acids is 2. The highest BCUT2D eigenvalue weighted by atomic mass is 35.5. The molecule has 0 saturated heterocycles. The van der Waals surface area contributed by atoms with Gasteiger partial charge in [-0.05, 0) is 13.0 Å². The number of para-hydroxylation sites is 1. The largest absolute Gasteiger partial charge is 0.480 e. The first-order valence-electron chi connectivity index (χ1n) is 4.37. The normalized spacial score (nSPS) is 10.9. The Bertz CT molecular complexity index is 419. The summed E-state index contributed by atoms with van der Waals surface area (Å²) in [5, 5.41) is 18.0. The molecule has 0 aliphatic rings. The molecule has 1 aromatic carbocycles. The van der Waals surface area contributed by atoms with E-state index in [2.05, 4.69) is 4.84 Å². The van der Waals surface area contributed by atoms with E-state index in [4.69, 9.17) is 22.0 Å². The Labute approximate surface area is 96.8 Å². The molecule has 86 valence electrons. The number of halogens is 1. The highest BCUT2D eigenvalue weighted by Gasteiger charge is 2.44. The fraction of sp³-hybridized carbons (Fsp3) is 0.200. The van der Waals surface area contributed by atoms with Crippen molar-refractivity contribution in [2.75, 3.05) is 4.84 Å². The van der Waals surface area contributed by atoms with Gasteiger partial charge in [0.2, 0.25) is 0 Å². The Hall–Kier alpha value is -1.75. The maximum absolute atomic E-state index is 11.1. The summed E-state index contributed by atoms with van der Waals surface area (Å²) >= 11 is 5.41. The van der Waals surface area contributed by atoms with Gasteiger partial charge >= 0.3 is 11.9 Å². The lowest BCUT2D eigenvalue weighted by Gasteiger charge is -2.22. The van der Waals surface area contributed by atoms with Crippen molar-refractivity contribution in [1.29, 1.82) is 0 Å². The average molecular weight is 244 g/mol. The lowest BCUT2D eigenvalue weighted by Crippen LogP contribution is -2.41.